The van der Waals surface area contributed by atoms with Gasteiger partial charge in [-0.05, 0) is 18.6 Å². The standard InChI is InChI=1S/C10H17N2S/c1-3-11(2)12-6-4-10(8-12)5-7-13-9-10/h1,4-9H2,2H3/q+1. The van der Waals surface area contributed by atoms with Gasteiger partial charge in [0.25, 0.3) is 0 Å². The van der Waals surface area contributed by atoms with Crippen molar-refractivity contribution in [3.8, 4) is 0 Å². The topological polar surface area (TPSA) is 6.25 Å². The molecule has 1 spiro atoms. The Hall–Kier alpha value is -0.400. The van der Waals surface area contributed by atoms with Crippen LogP contribution in [-0.2, 0) is 0 Å². The fourth-order valence-corrected chi connectivity index (χ4v) is 3.77. The molecule has 0 aromatic carbocycles. The number of hydrazone groups is 1. The molecular formula is C10H17N2S+. The Morgan fingerprint density at radius 1 is 1.54 bits per heavy atom. The van der Waals surface area contributed by atoms with Crippen molar-refractivity contribution in [1.29, 1.82) is 0 Å². The summed E-state index contributed by atoms with van der Waals surface area (Å²) in [5, 5.41) is 2.36. The second kappa shape index (κ2) is 3.39. The molecule has 0 N–H and O–H groups in total. The average Bonchev–Trinajstić information content (AvgIpc) is 2.76. The minimum Gasteiger partial charge on any atom is -0.177 e. The Morgan fingerprint density at radius 3 is 3.00 bits per heavy atom. The van der Waals surface area contributed by atoms with Crippen LogP contribution < -0.4 is 0 Å². The minimum absolute atomic E-state index is 0.621. The predicted octanol–water partition coefficient (Wildman–Crippen LogP) is 1.23. The third kappa shape index (κ3) is 1.63. The highest BCUT2D eigenvalue weighted by molar-refractivity contribution is 7.99. The molecule has 2 aliphatic rings. The van der Waals surface area contributed by atoms with E-state index in [-0.39, 0.29) is 0 Å². The molecule has 1 unspecified atom stereocenters. The summed E-state index contributed by atoms with van der Waals surface area (Å²) in [6.07, 6.45) is 2.76. The van der Waals surface area contributed by atoms with Gasteiger partial charge in [-0.15, -0.1) is 0 Å². The summed E-state index contributed by atoms with van der Waals surface area (Å²) in [5.74, 6) is 5.63. The first-order valence-electron chi connectivity index (χ1n) is 4.85. The van der Waals surface area contributed by atoms with E-state index in [2.05, 4.69) is 29.2 Å². The van der Waals surface area contributed by atoms with Gasteiger partial charge in [0, 0.05) is 17.7 Å². The lowest BCUT2D eigenvalue weighted by Gasteiger charge is -2.19. The second-order valence-electron chi connectivity index (χ2n) is 4.12. The molecule has 0 bridgehead atoms. The molecule has 3 heteroatoms. The summed E-state index contributed by atoms with van der Waals surface area (Å²) in [6.45, 7) is 6.06. The van der Waals surface area contributed by atoms with Gasteiger partial charge < -0.3 is 0 Å². The van der Waals surface area contributed by atoms with Crippen molar-refractivity contribution in [2.24, 2.45) is 5.41 Å². The van der Waals surface area contributed by atoms with Gasteiger partial charge in [-0.1, -0.05) is 4.68 Å². The largest absolute Gasteiger partial charge is 0.190 e. The molecule has 2 fully saturated rings. The third-order valence-electron chi connectivity index (χ3n) is 3.26. The van der Waals surface area contributed by atoms with Crippen molar-refractivity contribution in [3.05, 3.63) is 6.58 Å². The van der Waals surface area contributed by atoms with E-state index in [1.807, 2.05) is 11.7 Å². The van der Waals surface area contributed by atoms with Crippen molar-refractivity contribution in [2.75, 3.05) is 31.6 Å². The normalized spacial score (nSPS) is 32.5. The van der Waals surface area contributed by atoms with E-state index < -0.39 is 0 Å². The quantitative estimate of drug-likeness (QED) is 0.461. The molecule has 2 saturated heterocycles. The van der Waals surface area contributed by atoms with Crippen LogP contribution in [0.2, 0.25) is 0 Å². The first-order chi connectivity index (χ1) is 6.26. The second-order valence-corrected chi connectivity index (χ2v) is 5.23. The zero-order valence-corrected chi connectivity index (χ0v) is 9.07. The Balaban J connectivity index is 2.04. The average molecular weight is 197 g/mol. The van der Waals surface area contributed by atoms with Crippen molar-refractivity contribution in [3.63, 3.8) is 0 Å². The first kappa shape index (κ1) is 9.17. The molecule has 2 aliphatic heterocycles. The van der Waals surface area contributed by atoms with Crippen molar-refractivity contribution < 1.29 is 4.68 Å². The van der Waals surface area contributed by atoms with E-state index in [0.717, 1.165) is 0 Å². The molecule has 0 aliphatic carbocycles. The van der Waals surface area contributed by atoms with E-state index in [4.69, 9.17) is 0 Å². The highest BCUT2D eigenvalue weighted by Gasteiger charge is 2.43. The van der Waals surface area contributed by atoms with Crippen LogP contribution in [0.25, 0.3) is 0 Å². The minimum atomic E-state index is 0.621. The summed E-state index contributed by atoms with van der Waals surface area (Å²) in [5.41, 5.74) is 0.621. The molecule has 0 radical (unpaired) electrons. The Bertz CT molecular complexity index is 250. The molecule has 2 heterocycles. The monoisotopic (exact) mass is 197 g/mol. The first-order valence-corrected chi connectivity index (χ1v) is 6.00. The van der Waals surface area contributed by atoms with Gasteiger partial charge >= 0.3 is 0 Å². The van der Waals surface area contributed by atoms with Gasteiger partial charge in [0.1, 0.15) is 0 Å². The van der Waals surface area contributed by atoms with Gasteiger partial charge in [-0.25, -0.2) is 0 Å². The lowest BCUT2D eigenvalue weighted by atomic mass is 9.87. The van der Waals surface area contributed by atoms with Crippen molar-refractivity contribution >= 4 is 17.6 Å². The van der Waals surface area contributed by atoms with Gasteiger partial charge in [-0.3, -0.25) is 0 Å². The lowest BCUT2D eigenvalue weighted by molar-refractivity contribution is -0.659. The summed E-state index contributed by atoms with van der Waals surface area (Å²) in [4.78, 5) is 0. The highest BCUT2D eigenvalue weighted by atomic mass is 32.2. The Morgan fingerprint density at radius 2 is 2.38 bits per heavy atom. The number of nitrogens with zero attached hydrogens (tertiary/aromatic N) is 2. The van der Waals surface area contributed by atoms with Crippen LogP contribution in [0.3, 0.4) is 0 Å². The van der Waals surface area contributed by atoms with E-state index in [0.29, 0.717) is 5.41 Å². The maximum absolute atomic E-state index is 3.67. The Kier molecular flexibility index (Phi) is 2.39. The van der Waals surface area contributed by atoms with Crippen molar-refractivity contribution in [2.45, 2.75) is 12.8 Å². The smallest absolute Gasteiger partial charge is 0.177 e. The number of rotatable bonds is 1. The molecule has 0 saturated carbocycles. The summed E-state index contributed by atoms with van der Waals surface area (Å²) >= 11 is 2.11. The maximum atomic E-state index is 3.67. The van der Waals surface area contributed by atoms with Crippen LogP contribution >= 0.6 is 11.8 Å². The van der Waals surface area contributed by atoms with Gasteiger partial charge in [0.15, 0.2) is 12.9 Å². The molecule has 0 aromatic heterocycles. The number of thioether (sulfide) groups is 1. The van der Waals surface area contributed by atoms with Gasteiger partial charge in [0.2, 0.25) is 0 Å². The maximum Gasteiger partial charge on any atom is 0.190 e. The fraction of sp³-hybridized carbons (Fsp3) is 0.800. The number of hydrogen-bond donors (Lipinski definition) is 0. The van der Waals surface area contributed by atoms with Crippen LogP contribution in [0.1, 0.15) is 12.8 Å². The SMILES string of the molecule is C=C=[N+](C)N1CCC2(CCSC2)C1. The molecule has 2 rings (SSSR count). The number of hydrazine groups is 1. The molecule has 0 amide bonds. The highest BCUT2D eigenvalue weighted by Crippen LogP contribution is 2.42. The van der Waals surface area contributed by atoms with Crippen LogP contribution in [-0.4, -0.2) is 47.2 Å². The molecule has 72 valence electrons. The summed E-state index contributed by atoms with van der Waals surface area (Å²) < 4.78 is 2.01. The van der Waals surface area contributed by atoms with Gasteiger partial charge in [0.05, 0.1) is 13.1 Å². The van der Waals surface area contributed by atoms with Crippen molar-refractivity contribution in [1.82, 2.24) is 5.01 Å². The number of hydrogen-bond acceptors (Lipinski definition) is 2. The van der Waals surface area contributed by atoms with E-state index in [1.165, 1.54) is 37.4 Å². The summed E-state index contributed by atoms with van der Waals surface area (Å²) in [7, 11) is 2.04. The molecule has 2 nitrogen and oxygen atoms in total. The molecule has 0 aromatic rings. The van der Waals surface area contributed by atoms with E-state index in [9.17, 15) is 0 Å². The zero-order valence-electron chi connectivity index (χ0n) is 8.25. The van der Waals surface area contributed by atoms with E-state index in [1.54, 1.807) is 0 Å². The van der Waals surface area contributed by atoms with Crippen LogP contribution in [0.4, 0.5) is 0 Å². The molecule has 13 heavy (non-hydrogen) atoms. The lowest BCUT2D eigenvalue weighted by Crippen LogP contribution is -2.33. The van der Waals surface area contributed by atoms with E-state index >= 15 is 0 Å². The molecule has 1 atom stereocenters. The Labute approximate surface area is 84.3 Å². The summed E-state index contributed by atoms with van der Waals surface area (Å²) in [6, 6.07) is 0. The predicted molar refractivity (Wildman–Crippen MR) is 57.4 cm³/mol. The van der Waals surface area contributed by atoms with Crippen LogP contribution in [0.5, 0.6) is 0 Å². The van der Waals surface area contributed by atoms with Gasteiger partial charge in [-0.2, -0.15) is 16.8 Å². The van der Waals surface area contributed by atoms with Crippen LogP contribution in [0, 0.1) is 5.41 Å². The van der Waals surface area contributed by atoms with Crippen LogP contribution in [0.15, 0.2) is 6.58 Å². The molecular weight excluding hydrogens is 180 g/mol. The zero-order chi connectivity index (χ0) is 9.31. The fourth-order valence-electron chi connectivity index (χ4n) is 2.24. The third-order valence-corrected chi connectivity index (χ3v) is 4.57.